The highest BCUT2D eigenvalue weighted by Gasteiger charge is 2.16. The molecule has 0 aliphatic carbocycles. The molecule has 7 heteroatoms. The molecule has 0 saturated carbocycles. The molecule has 3 N–H and O–H groups in total. The Bertz CT molecular complexity index is 395. The van der Waals surface area contributed by atoms with E-state index in [9.17, 15) is 9.59 Å². The van der Waals surface area contributed by atoms with Crippen molar-refractivity contribution in [3.63, 3.8) is 0 Å². The minimum atomic E-state index is -0.871. The van der Waals surface area contributed by atoms with Crippen molar-refractivity contribution < 1.29 is 14.7 Å². The lowest BCUT2D eigenvalue weighted by Crippen LogP contribution is -2.40. The zero-order chi connectivity index (χ0) is 14.1. The predicted octanol–water partition coefficient (Wildman–Crippen LogP) is 1.49. The number of carbonyl (C=O) groups is 2. The lowest BCUT2D eigenvalue weighted by atomic mass is 10.0. The Hall–Kier alpha value is -1.63. The Balaban J connectivity index is 2.17. The molecule has 0 aliphatic heterocycles. The Morgan fingerprint density at radius 2 is 2.26 bits per heavy atom. The molecule has 19 heavy (non-hydrogen) atoms. The predicted molar refractivity (Wildman–Crippen MR) is 73.3 cm³/mol. The summed E-state index contributed by atoms with van der Waals surface area (Å²) in [7, 11) is 0. The van der Waals surface area contributed by atoms with Gasteiger partial charge in [0.15, 0.2) is 0 Å². The van der Waals surface area contributed by atoms with Crippen molar-refractivity contribution in [2.24, 2.45) is 5.92 Å². The number of carboxylic acid groups (broad SMARTS) is 1. The number of amides is 2. The van der Waals surface area contributed by atoms with Crippen molar-refractivity contribution in [3.8, 4) is 0 Å². The third kappa shape index (κ3) is 6.19. The van der Waals surface area contributed by atoms with Crippen LogP contribution in [-0.4, -0.2) is 35.2 Å². The van der Waals surface area contributed by atoms with Crippen LogP contribution in [0.25, 0.3) is 0 Å². The largest absolute Gasteiger partial charge is 0.481 e. The molecular weight excluding hydrogens is 266 g/mol. The second-order valence-corrected chi connectivity index (χ2v) is 4.91. The summed E-state index contributed by atoms with van der Waals surface area (Å²) in [6.07, 6.45) is 2.02. The molecule has 0 saturated heterocycles. The van der Waals surface area contributed by atoms with E-state index in [1.807, 2.05) is 12.3 Å². The van der Waals surface area contributed by atoms with Gasteiger partial charge in [-0.3, -0.25) is 4.79 Å². The van der Waals surface area contributed by atoms with Crippen molar-refractivity contribution in [2.75, 3.05) is 13.1 Å². The second kappa shape index (κ2) is 8.47. The number of aliphatic carboxylic acids is 1. The van der Waals surface area contributed by atoms with Crippen LogP contribution in [0.2, 0.25) is 0 Å². The number of nitrogens with one attached hydrogen (secondary N) is 2. The average molecular weight is 285 g/mol. The van der Waals surface area contributed by atoms with Gasteiger partial charge >= 0.3 is 12.0 Å². The summed E-state index contributed by atoms with van der Waals surface area (Å²) < 4.78 is 0. The highest BCUT2D eigenvalue weighted by atomic mass is 32.1. The first-order valence-corrected chi connectivity index (χ1v) is 7.19. The summed E-state index contributed by atoms with van der Waals surface area (Å²) >= 11 is 1.52. The van der Waals surface area contributed by atoms with Crippen LogP contribution in [0.5, 0.6) is 0 Å². The van der Waals surface area contributed by atoms with Gasteiger partial charge in [-0.15, -0.1) is 11.3 Å². The zero-order valence-corrected chi connectivity index (χ0v) is 11.7. The molecule has 1 heterocycles. The SMILES string of the molecule is CCCC(CNC(=O)NCCc1cscn1)C(=O)O. The number of thiazole rings is 1. The van der Waals surface area contributed by atoms with E-state index >= 15 is 0 Å². The van der Waals surface area contributed by atoms with Gasteiger partial charge in [-0.1, -0.05) is 13.3 Å². The number of aromatic nitrogens is 1. The average Bonchev–Trinajstić information content (AvgIpc) is 2.87. The van der Waals surface area contributed by atoms with E-state index in [-0.39, 0.29) is 12.6 Å². The minimum absolute atomic E-state index is 0.158. The summed E-state index contributed by atoms with van der Waals surface area (Å²) in [4.78, 5) is 26.5. The van der Waals surface area contributed by atoms with E-state index in [0.29, 0.717) is 19.4 Å². The number of carbonyl (C=O) groups excluding carboxylic acids is 1. The molecule has 0 fully saturated rings. The van der Waals surface area contributed by atoms with Crippen molar-refractivity contribution >= 4 is 23.3 Å². The van der Waals surface area contributed by atoms with E-state index in [4.69, 9.17) is 5.11 Å². The molecule has 1 aromatic heterocycles. The fraction of sp³-hybridized carbons (Fsp3) is 0.583. The van der Waals surface area contributed by atoms with E-state index in [1.54, 1.807) is 5.51 Å². The van der Waals surface area contributed by atoms with E-state index in [0.717, 1.165) is 12.1 Å². The first-order chi connectivity index (χ1) is 9.13. The standard InChI is InChI=1S/C12H19N3O3S/c1-2-3-9(11(16)17)6-14-12(18)13-5-4-10-7-19-8-15-10/h7-9H,2-6H2,1H3,(H,16,17)(H2,13,14,18). The molecule has 0 aliphatic rings. The van der Waals surface area contributed by atoms with Gasteiger partial charge in [-0.05, 0) is 6.42 Å². The quantitative estimate of drug-likeness (QED) is 0.675. The van der Waals surface area contributed by atoms with Crippen molar-refractivity contribution in [1.29, 1.82) is 0 Å². The van der Waals surface area contributed by atoms with Crippen LogP contribution in [0.3, 0.4) is 0 Å². The molecule has 1 atom stereocenters. The molecule has 6 nitrogen and oxygen atoms in total. The molecular formula is C12H19N3O3S. The zero-order valence-electron chi connectivity index (χ0n) is 10.9. The van der Waals surface area contributed by atoms with Crippen LogP contribution in [0.15, 0.2) is 10.9 Å². The van der Waals surface area contributed by atoms with Crippen molar-refractivity contribution in [3.05, 3.63) is 16.6 Å². The number of carboxylic acids is 1. The summed E-state index contributed by atoms with van der Waals surface area (Å²) in [5.74, 6) is -1.39. The number of hydrogen-bond donors (Lipinski definition) is 3. The maximum absolute atomic E-state index is 11.5. The lowest BCUT2D eigenvalue weighted by molar-refractivity contribution is -0.141. The molecule has 1 aromatic rings. The monoisotopic (exact) mass is 285 g/mol. The molecule has 1 unspecified atom stereocenters. The van der Waals surface area contributed by atoms with Crippen molar-refractivity contribution in [1.82, 2.24) is 15.6 Å². The lowest BCUT2D eigenvalue weighted by Gasteiger charge is -2.12. The van der Waals surface area contributed by atoms with Gasteiger partial charge in [0.25, 0.3) is 0 Å². The Kier molecular flexibility index (Phi) is 6.88. The fourth-order valence-corrected chi connectivity index (χ4v) is 2.20. The number of rotatable bonds is 8. The highest BCUT2D eigenvalue weighted by Crippen LogP contribution is 2.04. The molecule has 106 valence electrons. The Morgan fingerprint density at radius 1 is 1.47 bits per heavy atom. The van der Waals surface area contributed by atoms with Gasteiger partial charge in [0.1, 0.15) is 0 Å². The Labute approximate surface area is 116 Å². The van der Waals surface area contributed by atoms with Crippen LogP contribution in [0, 0.1) is 5.92 Å². The van der Waals surface area contributed by atoms with Gasteiger partial charge < -0.3 is 15.7 Å². The number of hydrogen-bond acceptors (Lipinski definition) is 4. The molecule has 1 rings (SSSR count). The van der Waals surface area contributed by atoms with Crippen LogP contribution in [-0.2, 0) is 11.2 Å². The van der Waals surface area contributed by atoms with Gasteiger partial charge in [0, 0.05) is 24.9 Å². The van der Waals surface area contributed by atoms with Gasteiger partial charge in [0.2, 0.25) is 0 Å². The molecule has 2 amide bonds. The molecule has 0 spiro atoms. The normalized spacial score (nSPS) is 11.8. The van der Waals surface area contributed by atoms with E-state index in [1.165, 1.54) is 11.3 Å². The maximum Gasteiger partial charge on any atom is 0.314 e. The van der Waals surface area contributed by atoms with Gasteiger partial charge in [-0.2, -0.15) is 0 Å². The van der Waals surface area contributed by atoms with Crippen LogP contribution >= 0.6 is 11.3 Å². The Morgan fingerprint density at radius 3 is 2.84 bits per heavy atom. The molecule has 0 bridgehead atoms. The maximum atomic E-state index is 11.5. The molecule has 0 aromatic carbocycles. The van der Waals surface area contributed by atoms with Crippen molar-refractivity contribution in [2.45, 2.75) is 26.2 Å². The first-order valence-electron chi connectivity index (χ1n) is 6.25. The first kappa shape index (κ1) is 15.4. The summed E-state index contributed by atoms with van der Waals surface area (Å²) in [6, 6.07) is -0.336. The van der Waals surface area contributed by atoms with E-state index in [2.05, 4.69) is 15.6 Å². The summed E-state index contributed by atoms with van der Waals surface area (Å²) in [5.41, 5.74) is 2.69. The highest BCUT2D eigenvalue weighted by molar-refractivity contribution is 7.07. The molecule has 0 radical (unpaired) electrons. The van der Waals surface area contributed by atoms with Gasteiger partial charge in [-0.25, -0.2) is 9.78 Å². The summed E-state index contributed by atoms with van der Waals surface area (Å²) in [6.45, 7) is 2.57. The second-order valence-electron chi connectivity index (χ2n) is 4.19. The minimum Gasteiger partial charge on any atom is -0.481 e. The van der Waals surface area contributed by atoms with Crippen LogP contribution in [0.1, 0.15) is 25.5 Å². The summed E-state index contributed by atoms with van der Waals surface area (Å²) in [5, 5.41) is 16.1. The van der Waals surface area contributed by atoms with E-state index < -0.39 is 11.9 Å². The number of urea groups is 1. The van der Waals surface area contributed by atoms with Crippen LogP contribution < -0.4 is 10.6 Å². The number of nitrogens with zero attached hydrogens (tertiary/aromatic N) is 1. The fourth-order valence-electron chi connectivity index (χ4n) is 1.60. The third-order valence-corrected chi connectivity index (χ3v) is 3.28. The van der Waals surface area contributed by atoms with Gasteiger partial charge in [0.05, 0.1) is 17.1 Å². The smallest absolute Gasteiger partial charge is 0.314 e. The van der Waals surface area contributed by atoms with Crippen LogP contribution in [0.4, 0.5) is 4.79 Å². The topological polar surface area (TPSA) is 91.3 Å². The third-order valence-electron chi connectivity index (χ3n) is 2.65.